The van der Waals surface area contributed by atoms with E-state index in [0.29, 0.717) is 32.7 Å². The fourth-order valence-electron chi connectivity index (χ4n) is 3.40. The SMILES string of the molecule is O=C(CN1CCCN(C(=O)CCOc2ccccc2F)CC1)NCc1ccccc1. The fraction of sp³-hybridized carbons (Fsp3) is 0.391. The number of benzene rings is 2. The molecule has 0 atom stereocenters. The number of carbonyl (C=O) groups is 2. The first-order valence-corrected chi connectivity index (χ1v) is 10.3. The predicted molar refractivity (Wildman–Crippen MR) is 112 cm³/mol. The molecule has 7 heteroatoms. The van der Waals surface area contributed by atoms with Crippen molar-refractivity contribution in [2.75, 3.05) is 39.3 Å². The number of ether oxygens (including phenoxy) is 1. The van der Waals surface area contributed by atoms with Gasteiger partial charge in [-0.1, -0.05) is 42.5 Å². The molecule has 1 N–H and O–H groups in total. The van der Waals surface area contributed by atoms with E-state index >= 15 is 0 Å². The van der Waals surface area contributed by atoms with Gasteiger partial charge in [-0.3, -0.25) is 14.5 Å². The third-order valence-electron chi connectivity index (χ3n) is 5.05. The average molecular weight is 413 g/mol. The first-order chi connectivity index (χ1) is 14.6. The molecule has 1 saturated heterocycles. The Morgan fingerprint density at radius 1 is 0.967 bits per heavy atom. The number of hydrogen-bond donors (Lipinski definition) is 1. The van der Waals surface area contributed by atoms with Gasteiger partial charge in [0.1, 0.15) is 0 Å². The molecule has 160 valence electrons. The molecule has 1 aliphatic rings. The van der Waals surface area contributed by atoms with Crippen LogP contribution in [0.2, 0.25) is 0 Å². The number of hydrogen-bond acceptors (Lipinski definition) is 4. The monoisotopic (exact) mass is 413 g/mol. The van der Waals surface area contributed by atoms with Gasteiger partial charge in [-0.05, 0) is 24.1 Å². The van der Waals surface area contributed by atoms with E-state index in [1.54, 1.807) is 23.1 Å². The summed E-state index contributed by atoms with van der Waals surface area (Å²) in [6, 6.07) is 16.0. The number of carbonyl (C=O) groups excluding carboxylic acids is 2. The minimum absolute atomic E-state index is 0.0123. The van der Waals surface area contributed by atoms with Gasteiger partial charge in [0.25, 0.3) is 0 Å². The minimum atomic E-state index is -0.430. The lowest BCUT2D eigenvalue weighted by atomic mass is 10.2. The maximum atomic E-state index is 13.6. The van der Waals surface area contributed by atoms with E-state index in [0.717, 1.165) is 18.5 Å². The van der Waals surface area contributed by atoms with Gasteiger partial charge >= 0.3 is 0 Å². The summed E-state index contributed by atoms with van der Waals surface area (Å²) in [6.45, 7) is 3.63. The zero-order valence-corrected chi connectivity index (χ0v) is 17.1. The largest absolute Gasteiger partial charge is 0.490 e. The zero-order valence-electron chi connectivity index (χ0n) is 17.1. The Morgan fingerprint density at radius 2 is 1.73 bits per heavy atom. The van der Waals surface area contributed by atoms with E-state index in [2.05, 4.69) is 10.2 Å². The second-order valence-electron chi connectivity index (χ2n) is 7.30. The molecule has 2 aromatic rings. The van der Waals surface area contributed by atoms with E-state index in [9.17, 15) is 14.0 Å². The highest BCUT2D eigenvalue weighted by Crippen LogP contribution is 2.15. The van der Waals surface area contributed by atoms with E-state index in [4.69, 9.17) is 4.74 Å². The maximum absolute atomic E-state index is 13.6. The molecule has 1 aliphatic heterocycles. The Morgan fingerprint density at radius 3 is 2.53 bits per heavy atom. The van der Waals surface area contributed by atoms with Crippen molar-refractivity contribution >= 4 is 11.8 Å². The van der Waals surface area contributed by atoms with Gasteiger partial charge in [0, 0.05) is 32.7 Å². The Hall–Kier alpha value is -2.93. The Balaban J connectivity index is 1.37. The molecule has 2 amide bonds. The average Bonchev–Trinajstić information content (AvgIpc) is 3.00. The van der Waals surface area contributed by atoms with Gasteiger partial charge in [0.15, 0.2) is 11.6 Å². The Bertz CT molecular complexity index is 831. The molecule has 3 rings (SSSR count). The van der Waals surface area contributed by atoms with Gasteiger partial charge in [0.2, 0.25) is 11.8 Å². The summed E-state index contributed by atoms with van der Waals surface area (Å²) < 4.78 is 18.9. The van der Waals surface area contributed by atoms with Crippen LogP contribution < -0.4 is 10.1 Å². The normalized spacial score (nSPS) is 14.8. The van der Waals surface area contributed by atoms with E-state index in [1.165, 1.54) is 6.07 Å². The second-order valence-corrected chi connectivity index (χ2v) is 7.30. The van der Waals surface area contributed by atoms with Gasteiger partial charge in [-0.25, -0.2) is 4.39 Å². The summed E-state index contributed by atoms with van der Waals surface area (Å²) in [4.78, 5) is 28.6. The molecule has 0 aromatic heterocycles. The van der Waals surface area contributed by atoms with Crippen molar-refractivity contribution in [2.45, 2.75) is 19.4 Å². The highest BCUT2D eigenvalue weighted by molar-refractivity contribution is 5.78. The molecule has 1 fully saturated rings. The van der Waals surface area contributed by atoms with Crippen molar-refractivity contribution in [2.24, 2.45) is 0 Å². The maximum Gasteiger partial charge on any atom is 0.234 e. The molecule has 0 aliphatic carbocycles. The molecule has 0 unspecified atom stereocenters. The number of nitrogens with one attached hydrogen (secondary N) is 1. The Labute approximate surface area is 176 Å². The van der Waals surface area contributed by atoms with Crippen LogP contribution in [0.3, 0.4) is 0 Å². The summed E-state index contributed by atoms with van der Waals surface area (Å²) in [5, 5.41) is 2.94. The van der Waals surface area contributed by atoms with E-state index in [-0.39, 0.29) is 30.6 Å². The van der Waals surface area contributed by atoms with E-state index in [1.807, 2.05) is 30.3 Å². The lowest BCUT2D eigenvalue weighted by molar-refractivity contribution is -0.131. The lowest BCUT2D eigenvalue weighted by Crippen LogP contribution is -2.40. The van der Waals surface area contributed by atoms with Crippen molar-refractivity contribution in [3.8, 4) is 5.75 Å². The van der Waals surface area contributed by atoms with Crippen molar-refractivity contribution in [3.63, 3.8) is 0 Å². The lowest BCUT2D eigenvalue weighted by Gasteiger charge is -2.22. The second kappa shape index (κ2) is 11.3. The first-order valence-electron chi connectivity index (χ1n) is 10.3. The van der Waals surface area contributed by atoms with Crippen LogP contribution in [0, 0.1) is 5.82 Å². The number of amides is 2. The zero-order chi connectivity index (χ0) is 21.2. The molecule has 1 heterocycles. The molecular formula is C23H28FN3O3. The first kappa shape index (κ1) is 21.8. The van der Waals surface area contributed by atoms with Crippen molar-refractivity contribution in [1.29, 1.82) is 0 Å². The number of halogens is 1. The molecule has 0 radical (unpaired) electrons. The summed E-state index contributed by atoms with van der Waals surface area (Å²) in [6.07, 6.45) is 1.01. The van der Waals surface area contributed by atoms with Crippen LogP contribution in [0.1, 0.15) is 18.4 Å². The van der Waals surface area contributed by atoms with E-state index < -0.39 is 5.82 Å². The summed E-state index contributed by atoms with van der Waals surface area (Å²) in [5.41, 5.74) is 1.07. The van der Waals surface area contributed by atoms with Gasteiger partial charge in [-0.15, -0.1) is 0 Å². The molecular weight excluding hydrogens is 385 g/mol. The predicted octanol–water partition coefficient (Wildman–Crippen LogP) is 2.45. The quantitative estimate of drug-likeness (QED) is 0.722. The van der Waals surface area contributed by atoms with Crippen LogP contribution >= 0.6 is 0 Å². The van der Waals surface area contributed by atoms with Crippen molar-refractivity contribution in [1.82, 2.24) is 15.1 Å². The minimum Gasteiger partial charge on any atom is -0.490 e. The van der Waals surface area contributed by atoms with Crippen LogP contribution in [0.25, 0.3) is 0 Å². The molecule has 30 heavy (non-hydrogen) atoms. The van der Waals surface area contributed by atoms with Gasteiger partial charge in [0.05, 0.1) is 19.6 Å². The number of nitrogens with zero attached hydrogens (tertiary/aromatic N) is 2. The topological polar surface area (TPSA) is 61.9 Å². The highest BCUT2D eigenvalue weighted by atomic mass is 19.1. The molecule has 0 bridgehead atoms. The fourth-order valence-corrected chi connectivity index (χ4v) is 3.40. The third-order valence-corrected chi connectivity index (χ3v) is 5.05. The smallest absolute Gasteiger partial charge is 0.234 e. The Kier molecular flexibility index (Phi) is 8.20. The van der Waals surface area contributed by atoms with Gasteiger partial charge in [-0.2, -0.15) is 0 Å². The molecule has 2 aromatic carbocycles. The molecule has 0 saturated carbocycles. The van der Waals surface area contributed by atoms with Crippen LogP contribution in [0.5, 0.6) is 5.75 Å². The molecule has 0 spiro atoms. The summed E-state index contributed by atoms with van der Waals surface area (Å²) in [7, 11) is 0. The molecule has 6 nitrogen and oxygen atoms in total. The van der Waals surface area contributed by atoms with Crippen molar-refractivity contribution in [3.05, 3.63) is 66.0 Å². The van der Waals surface area contributed by atoms with Crippen LogP contribution in [0.15, 0.2) is 54.6 Å². The van der Waals surface area contributed by atoms with Crippen molar-refractivity contribution < 1.29 is 18.7 Å². The standard InChI is InChI=1S/C23H28FN3O3/c24-20-9-4-5-10-21(20)30-16-11-23(29)27-13-6-12-26(14-15-27)18-22(28)25-17-19-7-2-1-3-8-19/h1-5,7-10H,6,11-18H2,(H,25,28). The third kappa shape index (κ3) is 6.84. The van der Waals surface area contributed by atoms with Crippen LogP contribution in [0.4, 0.5) is 4.39 Å². The highest BCUT2D eigenvalue weighted by Gasteiger charge is 2.20. The number of para-hydroxylation sites is 1. The van der Waals surface area contributed by atoms with Crippen LogP contribution in [-0.2, 0) is 16.1 Å². The summed E-state index contributed by atoms with van der Waals surface area (Å²) in [5.74, 6) is -0.298. The number of rotatable bonds is 8. The summed E-state index contributed by atoms with van der Waals surface area (Å²) >= 11 is 0. The van der Waals surface area contributed by atoms with Gasteiger partial charge < -0.3 is 15.0 Å². The van der Waals surface area contributed by atoms with Crippen LogP contribution in [-0.4, -0.2) is 60.9 Å².